The molecule has 0 aliphatic carbocycles. The molecule has 23 heavy (non-hydrogen) atoms. The fraction of sp³-hybridized carbons (Fsp3) is 0.294. The molecule has 0 saturated carbocycles. The second-order valence-corrected chi connectivity index (χ2v) is 6.61. The Morgan fingerprint density at radius 2 is 2.13 bits per heavy atom. The van der Waals surface area contributed by atoms with E-state index in [0.717, 1.165) is 11.1 Å². The maximum absolute atomic E-state index is 12.9. The predicted molar refractivity (Wildman–Crippen MR) is 88.6 cm³/mol. The standard InChI is InChI=1S/C17H16N2O3S/c1-22-12-7-15-16(20)18-14-3-2-10(11-4-5-23-9-11)6-13(14)17(21)19(15)8-12/h2-6,9,12,15H,7-8H2,1H3,(H,18,20)/t12-,15+/m1/s1. The van der Waals surface area contributed by atoms with Crippen molar-refractivity contribution in [3.8, 4) is 11.1 Å². The summed E-state index contributed by atoms with van der Waals surface area (Å²) in [5.74, 6) is -0.250. The molecular formula is C17H16N2O3S. The topological polar surface area (TPSA) is 58.6 Å². The minimum Gasteiger partial charge on any atom is -0.380 e. The van der Waals surface area contributed by atoms with E-state index in [4.69, 9.17) is 4.74 Å². The Morgan fingerprint density at radius 3 is 2.87 bits per heavy atom. The predicted octanol–water partition coefficient (Wildman–Crippen LogP) is 2.60. The van der Waals surface area contributed by atoms with Crippen LogP contribution in [0.3, 0.4) is 0 Å². The highest BCUT2D eigenvalue weighted by atomic mass is 32.1. The Morgan fingerprint density at radius 1 is 1.26 bits per heavy atom. The lowest BCUT2D eigenvalue weighted by Crippen LogP contribution is -2.40. The van der Waals surface area contributed by atoms with Gasteiger partial charge in [0.05, 0.1) is 17.4 Å². The number of anilines is 1. The molecule has 1 fully saturated rings. The maximum Gasteiger partial charge on any atom is 0.256 e. The number of hydrogen-bond acceptors (Lipinski definition) is 4. The third-order valence-corrected chi connectivity index (χ3v) is 5.21. The third-order valence-electron chi connectivity index (χ3n) is 4.52. The van der Waals surface area contributed by atoms with Crippen LogP contribution in [0.4, 0.5) is 5.69 Å². The van der Waals surface area contributed by atoms with E-state index in [1.807, 2.05) is 35.0 Å². The summed E-state index contributed by atoms with van der Waals surface area (Å²) in [6.45, 7) is 0.454. The molecule has 1 saturated heterocycles. The van der Waals surface area contributed by atoms with Gasteiger partial charge in [-0.1, -0.05) is 6.07 Å². The van der Waals surface area contributed by atoms with Crippen molar-refractivity contribution in [3.05, 3.63) is 40.6 Å². The molecule has 1 aromatic carbocycles. The average Bonchev–Trinajstić information content (AvgIpc) is 3.22. The lowest BCUT2D eigenvalue weighted by atomic mass is 10.0. The number of ether oxygens (including phenoxy) is 1. The van der Waals surface area contributed by atoms with Gasteiger partial charge >= 0.3 is 0 Å². The van der Waals surface area contributed by atoms with Gasteiger partial charge in [-0.2, -0.15) is 11.3 Å². The molecule has 0 unspecified atom stereocenters. The molecule has 0 spiro atoms. The van der Waals surface area contributed by atoms with Crippen molar-refractivity contribution in [1.29, 1.82) is 0 Å². The van der Waals surface area contributed by atoms with Crippen LogP contribution in [0.2, 0.25) is 0 Å². The molecule has 2 aliphatic rings. The highest BCUT2D eigenvalue weighted by Gasteiger charge is 2.42. The van der Waals surface area contributed by atoms with Crippen molar-refractivity contribution >= 4 is 28.8 Å². The lowest BCUT2D eigenvalue weighted by Gasteiger charge is -2.19. The Kier molecular flexibility index (Phi) is 3.43. The van der Waals surface area contributed by atoms with Gasteiger partial charge in [0.25, 0.3) is 5.91 Å². The van der Waals surface area contributed by atoms with Gasteiger partial charge in [-0.3, -0.25) is 9.59 Å². The number of methoxy groups -OCH3 is 1. The first-order valence-corrected chi connectivity index (χ1v) is 8.43. The summed E-state index contributed by atoms with van der Waals surface area (Å²) in [7, 11) is 1.61. The van der Waals surface area contributed by atoms with Crippen LogP contribution in [0.1, 0.15) is 16.8 Å². The number of hydrogen-bond donors (Lipinski definition) is 1. The summed E-state index contributed by atoms with van der Waals surface area (Å²) in [5.41, 5.74) is 3.19. The number of thiophene rings is 1. The van der Waals surface area contributed by atoms with E-state index >= 15 is 0 Å². The van der Waals surface area contributed by atoms with Crippen LogP contribution in [0.15, 0.2) is 35.0 Å². The van der Waals surface area contributed by atoms with Crippen molar-refractivity contribution in [3.63, 3.8) is 0 Å². The second kappa shape index (κ2) is 5.47. The highest BCUT2D eigenvalue weighted by molar-refractivity contribution is 7.08. The number of benzene rings is 1. The number of carbonyl (C=O) groups excluding carboxylic acids is 2. The molecule has 2 aromatic rings. The van der Waals surface area contributed by atoms with Gasteiger partial charge in [-0.05, 0) is 40.1 Å². The molecule has 2 aliphatic heterocycles. The zero-order valence-electron chi connectivity index (χ0n) is 12.6. The third kappa shape index (κ3) is 2.34. The van der Waals surface area contributed by atoms with E-state index in [0.29, 0.717) is 24.2 Å². The molecule has 118 valence electrons. The number of rotatable bonds is 2. The summed E-state index contributed by atoms with van der Waals surface area (Å²) in [6, 6.07) is 7.18. The van der Waals surface area contributed by atoms with Crippen molar-refractivity contribution in [2.75, 3.05) is 19.0 Å². The molecule has 2 atom stereocenters. The van der Waals surface area contributed by atoms with Crippen LogP contribution >= 0.6 is 11.3 Å². The summed E-state index contributed by atoms with van der Waals surface area (Å²) in [4.78, 5) is 27.0. The Hall–Kier alpha value is -2.18. The molecule has 5 nitrogen and oxygen atoms in total. The normalized spacial score (nSPS) is 23.3. The van der Waals surface area contributed by atoms with E-state index in [1.165, 1.54) is 0 Å². The zero-order chi connectivity index (χ0) is 16.0. The van der Waals surface area contributed by atoms with Crippen molar-refractivity contribution in [2.24, 2.45) is 0 Å². The highest BCUT2D eigenvalue weighted by Crippen LogP contribution is 2.33. The van der Waals surface area contributed by atoms with Gasteiger partial charge in [0.1, 0.15) is 6.04 Å². The second-order valence-electron chi connectivity index (χ2n) is 5.83. The van der Waals surface area contributed by atoms with Gasteiger partial charge < -0.3 is 15.0 Å². The first-order chi connectivity index (χ1) is 11.2. The molecule has 1 N–H and O–H groups in total. The summed E-state index contributed by atoms with van der Waals surface area (Å²) >= 11 is 1.61. The fourth-order valence-corrected chi connectivity index (χ4v) is 3.92. The summed E-state index contributed by atoms with van der Waals surface area (Å²) in [5, 5.41) is 6.93. The average molecular weight is 328 g/mol. The van der Waals surface area contributed by atoms with Crippen molar-refractivity contribution in [1.82, 2.24) is 4.90 Å². The first kappa shape index (κ1) is 14.4. The van der Waals surface area contributed by atoms with Gasteiger partial charge in [-0.25, -0.2) is 0 Å². The Labute approximate surface area is 137 Å². The molecule has 1 aromatic heterocycles. The van der Waals surface area contributed by atoms with Crippen molar-refractivity contribution in [2.45, 2.75) is 18.6 Å². The van der Waals surface area contributed by atoms with Crippen LogP contribution in [0.5, 0.6) is 0 Å². The number of nitrogens with zero attached hydrogens (tertiary/aromatic N) is 1. The van der Waals surface area contributed by atoms with Gasteiger partial charge in [0, 0.05) is 20.1 Å². The van der Waals surface area contributed by atoms with E-state index in [-0.39, 0.29) is 17.9 Å². The molecule has 3 heterocycles. The Bertz CT molecular complexity index is 772. The number of amides is 2. The van der Waals surface area contributed by atoms with Crippen LogP contribution in [0, 0.1) is 0 Å². The monoisotopic (exact) mass is 328 g/mol. The van der Waals surface area contributed by atoms with Gasteiger partial charge in [0.15, 0.2) is 0 Å². The molecular weight excluding hydrogens is 312 g/mol. The van der Waals surface area contributed by atoms with Crippen LogP contribution in [-0.2, 0) is 9.53 Å². The van der Waals surface area contributed by atoms with E-state index < -0.39 is 6.04 Å². The van der Waals surface area contributed by atoms with Crippen LogP contribution < -0.4 is 5.32 Å². The zero-order valence-corrected chi connectivity index (χ0v) is 13.4. The maximum atomic E-state index is 12.9. The molecule has 0 radical (unpaired) electrons. The number of nitrogens with one attached hydrogen (secondary N) is 1. The smallest absolute Gasteiger partial charge is 0.256 e. The van der Waals surface area contributed by atoms with E-state index in [1.54, 1.807) is 23.3 Å². The van der Waals surface area contributed by atoms with E-state index in [2.05, 4.69) is 5.32 Å². The van der Waals surface area contributed by atoms with Crippen LogP contribution in [-0.4, -0.2) is 42.5 Å². The summed E-state index contributed by atoms with van der Waals surface area (Å²) in [6.07, 6.45) is 0.454. The lowest BCUT2D eigenvalue weighted by molar-refractivity contribution is -0.119. The largest absolute Gasteiger partial charge is 0.380 e. The molecule has 2 amide bonds. The van der Waals surface area contributed by atoms with Crippen molar-refractivity contribution < 1.29 is 14.3 Å². The first-order valence-electron chi connectivity index (χ1n) is 7.48. The van der Waals surface area contributed by atoms with Crippen LogP contribution in [0.25, 0.3) is 11.1 Å². The quantitative estimate of drug-likeness (QED) is 0.922. The summed E-state index contributed by atoms with van der Waals surface area (Å²) < 4.78 is 5.34. The van der Waals surface area contributed by atoms with Gasteiger partial charge in [-0.15, -0.1) is 0 Å². The fourth-order valence-electron chi connectivity index (χ4n) is 3.25. The minimum atomic E-state index is -0.454. The minimum absolute atomic E-state index is 0.0868. The number of fused-ring (bicyclic) bond motifs is 2. The molecule has 6 heteroatoms. The molecule has 0 bridgehead atoms. The van der Waals surface area contributed by atoms with E-state index in [9.17, 15) is 9.59 Å². The Balaban J connectivity index is 1.76. The van der Waals surface area contributed by atoms with Gasteiger partial charge in [0.2, 0.25) is 5.91 Å². The molecule has 4 rings (SSSR count). The number of carbonyl (C=O) groups is 2. The SMILES string of the molecule is CO[C@@H]1C[C@H]2C(=O)Nc3ccc(-c4ccsc4)cc3C(=O)N2C1.